The van der Waals surface area contributed by atoms with Crippen molar-refractivity contribution in [1.29, 1.82) is 0 Å². The van der Waals surface area contributed by atoms with Gasteiger partial charge in [0.2, 0.25) is 0 Å². The van der Waals surface area contributed by atoms with Gasteiger partial charge >= 0.3 is 0 Å². The Hall–Kier alpha value is -2.36. The summed E-state index contributed by atoms with van der Waals surface area (Å²) in [6, 6.07) is 13.9. The SMILES string of the molecule is O=C(COc1cccc(F)c1)N[C@@H]1CCc2ccccc21. The number of carbonyl (C=O) groups excluding carboxylic acids is 1. The predicted molar refractivity (Wildman–Crippen MR) is 77.5 cm³/mol. The van der Waals surface area contributed by atoms with Gasteiger partial charge in [-0.25, -0.2) is 4.39 Å². The van der Waals surface area contributed by atoms with Gasteiger partial charge in [0.25, 0.3) is 5.91 Å². The van der Waals surface area contributed by atoms with Crippen LogP contribution in [0.25, 0.3) is 0 Å². The van der Waals surface area contributed by atoms with E-state index in [2.05, 4.69) is 11.4 Å². The number of amides is 1. The topological polar surface area (TPSA) is 38.3 Å². The Morgan fingerprint density at radius 2 is 2.10 bits per heavy atom. The van der Waals surface area contributed by atoms with Crippen LogP contribution in [0, 0.1) is 5.82 Å². The van der Waals surface area contributed by atoms with Crippen LogP contribution in [0.5, 0.6) is 5.75 Å². The number of aryl methyl sites for hydroxylation is 1. The first-order valence-electron chi connectivity index (χ1n) is 6.98. The van der Waals surface area contributed by atoms with E-state index in [1.807, 2.05) is 18.2 Å². The van der Waals surface area contributed by atoms with Gasteiger partial charge in [-0.05, 0) is 36.1 Å². The van der Waals surface area contributed by atoms with Gasteiger partial charge in [0, 0.05) is 6.07 Å². The molecule has 1 N–H and O–H groups in total. The molecule has 0 saturated heterocycles. The Morgan fingerprint density at radius 3 is 2.95 bits per heavy atom. The lowest BCUT2D eigenvalue weighted by atomic mass is 10.1. The van der Waals surface area contributed by atoms with Crippen LogP contribution < -0.4 is 10.1 Å². The molecule has 1 atom stereocenters. The van der Waals surface area contributed by atoms with Crippen molar-refractivity contribution in [1.82, 2.24) is 5.32 Å². The van der Waals surface area contributed by atoms with Crippen molar-refractivity contribution in [3.63, 3.8) is 0 Å². The fraction of sp³-hybridized carbons (Fsp3) is 0.235. The van der Waals surface area contributed by atoms with E-state index in [4.69, 9.17) is 4.74 Å². The summed E-state index contributed by atoms with van der Waals surface area (Å²) in [4.78, 5) is 11.9. The second kappa shape index (κ2) is 5.95. The third kappa shape index (κ3) is 3.21. The molecule has 0 saturated carbocycles. The summed E-state index contributed by atoms with van der Waals surface area (Å²) < 4.78 is 18.3. The first-order chi connectivity index (χ1) is 10.2. The summed E-state index contributed by atoms with van der Waals surface area (Å²) in [5.74, 6) is -0.212. The molecular formula is C17H16FNO2. The van der Waals surface area contributed by atoms with Crippen LogP contribution in [-0.2, 0) is 11.2 Å². The summed E-state index contributed by atoms with van der Waals surface area (Å²) in [6.07, 6.45) is 1.89. The number of fused-ring (bicyclic) bond motifs is 1. The van der Waals surface area contributed by atoms with Crippen molar-refractivity contribution in [2.45, 2.75) is 18.9 Å². The quantitative estimate of drug-likeness (QED) is 0.937. The van der Waals surface area contributed by atoms with Crippen molar-refractivity contribution in [2.24, 2.45) is 0 Å². The van der Waals surface area contributed by atoms with E-state index in [1.54, 1.807) is 12.1 Å². The van der Waals surface area contributed by atoms with Gasteiger partial charge in [-0.2, -0.15) is 0 Å². The zero-order valence-electron chi connectivity index (χ0n) is 11.5. The molecular weight excluding hydrogens is 269 g/mol. The molecule has 3 rings (SSSR count). The number of carbonyl (C=O) groups is 1. The summed E-state index contributed by atoms with van der Waals surface area (Å²) in [6.45, 7) is -0.109. The molecule has 4 heteroatoms. The second-order valence-corrected chi connectivity index (χ2v) is 5.10. The Bertz CT molecular complexity index is 657. The summed E-state index contributed by atoms with van der Waals surface area (Å²) >= 11 is 0. The van der Waals surface area contributed by atoms with Crippen molar-refractivity contribution < 1.29 is 13.9 Å². The first kappa shape index (κ1) is 13.6. The van der Waals surface area contributed by atoms with E-state index in [0.717, 1.165) is 12.8 Å². The van der Waals surface area contributed by atoms with Gasteiger partial charge in [0.05, 0.1) is 6.04 Å². The molecule has 2 aromatic carbocycles. The average Bonchev–Trinajstić information content (AvgIpc) is 2.89. The number of hydrogen-bond acceptors (Lipinski definition) is 2. The summed E-state index contributed by atoms with van der Waals surface area (Å²) in [5, 5.41) is 2.96. The van der Waals surface area contributed by atoms with E-state index < -0.39 is 0 Å². The number of rotatable bonds is 4. The van der Waals surface area contributed by atoms with Crippen molar-refractivity contribution in [2.75, 3.05) is 6.61 Å². The Labute approximate surface area is 122 Å². The highest BCUT2D eigenvalue weighted by atomic mass is 19.1. The number of halogens is 1. The summed E-state index contributed by atoms with van der Waals surface area (Å²) in [5.41, 5.74) is 2.46. The molecule has 0 fully saturated rings. The molecule has 0 bridgehead atoms. The number of nitrogens with one attached hydrogen (secondary N) is 1. The van der Waals surface area contributed by atoms with E-state index >= 15 is 0 Å². The normalized spacial score (nSPS) is 16.3. The molecule has 0 unspecified atom stereocenters. The van der Waals surface area contributed by atoms with E-state index in [1.165, 1.54) is 23.3 Å². The molecule has 21 heavy (non-hydrogen) atoms. The standard InChI is InChI=1S/C17H16FNO2/c18-13-5-3-6-14(10-13)21-11-17(20)19-16-9-8-12-4-1-2-7-15(12)16/h1-7,10,16H,8-9,11H2,(H,19,20)/t16-/m1/s1. The predicted octanol–water partition coefficient (Wildman–Crippen LogP) is 3.01. The maximum Gasteiger partial charge on any atom is 0.258 e. The molecule has 0 aliphatic heterocycles. The fourth-order valence-corrected chi connectivity index (χ4v) is 2.65. The molecule has 1 aliphatic rings. The van der Waals surface area contributed by atoms with Crippen LogP contribution >= 0.6 is 0 Å². The number of hydrogen-bond donors (Lipinski definition) is 1. The van der Waals surface area contributed by atoms with Crippen LogP contribution in [0.4, 0.5) is 4.39 Å². The minimum absolute atomic E-state index is 0.0461. The van der Waals surface area contributed by atoms with E-state index in [9.17, 15) is 9.18 Å². The number of benzene rings is 2. The zero-order chi connectivity index (χ0) is 14.7. The van der Waals surface area contributed by atoms with E-state index in [0.29, 0.717) is 5.75 Å². The van der Waals surface area contributed by atoms with Crippen molar-refractivity contribution >= 4 is 5.91 Å². The average molecular weight is 285 g/mol. The fourth-order valence-electron chi connectivity index (χ4n) is 2.65. The van der Waals surface area contributed by atoms with Crippen LogP contribution in [-0.4, -0.2) is 12.5 Å². The number of ether oxygens (including phenoxy) is 1. The van der Waals surface area contributed by atoms with Gasteiger partial charge in [-0.15, -0.1) is 0 Å². The lowest BCUT2D eigenvalue weighted by Gasteiger charge is -2.14. The molecule has 1 aliphatic carbocycles. The highest BCUT2D eigenvalue weighted by molar-refractivity contribution is 5.78. The molecule has 3 nitrogen and oxygen atoms in total. The highest BCUT2D eigenvalue weighted by Crippen LogP contribution is 2.30. The van der Waals surface area contributed by atoms with Gasteiger partial charge < -0.3 is 10.1 Å². The lowest BCUT2D eigenvalue weighted by molar-refractivity contribution is -0.123. The molecule has 0 heterocycles. The van der Waals surface area contributed by atoms with E-state index in [-0.39, 0.29) is 24.4 Å². The third-order valence-electron chi connectivity index (χ3n) is 3.63. The lowest BCUT2D eigenvalue weighted by Crippen LogP contribution is -2.31. The smallest absolute Gasteiger partial charge is 0.258 e. The third-order valence-corrected chi connectivity index (χ3v) is 3.63. The van der Waals surface area contributed by atoms with Crippen molar-refractivity contribution in [3.05, 3.63) is 65.5 Å². The molecule has 0 spiro atoms. The Kier molecular flexibility index (Phi) is 3.86. The monoisotopic (exact) mass is 285 g/mol. The molecule has 0 radical (unpaired) electrons. The van der Waals surface area contributed by atoms with Crippen LogP contribution in [0.3, 0.4) is 0 Å². The Morgan fingerprint density at radius 1 is 1.24 bits per heavy atom. The maximum absolute atomic E-state index is 13.0. The second-order valence-electron chi connectivity index (χ2n) is 5.10. The van der Waals surface area contributed by atoms with Gasteiger partial charge in [-0.3, -0.25) is 4.79 Å². The molecule has 1 amide bonds. The van der Waals surface area contributed by atoms with Crippen LogP contribution in [0.15, 0.2) is 48.5 Å². The highest BCUT2D eigenvalue weighted by Gasteiger charge is 2.23. The minimum atomic E-state index is -0.377. The Balaban J connectivity index is 1.56. The summed E-state index contributed by atoms with van der Waals surface area (Å²) in [7, 11) is 0. The van der Waals surface area contributed by atoms with Gasteiger partial charge in [0.1, 0.15) is 11.6 Å². The minimum Gasteiger partial charge on any atom is -0.484 e. The zero-order valence-corrected chi connectivity index (χ0v) is 11.5. The maximum atomic E-state index is 13.0. The largest absolute Gasteiger partial charge is 0.484 e. The molecule has 2 aromatic rings. The molecule has 0 aromatic heterocycles. The molecule has 108 valence electrons. The van der Waals surface area contributed by atoms with Gasteiger partial charge in [0.15, 0.2) is 6.61 Å². The van der Waals surface area contributed by atoms with Gasteiger partial charge in [-0.1, -0.05) is 30.3 Å². The van der Waals surface area contributed by atoms with Crippen LogP contribution in [0.1, 0.15) is 23.6 Å². The van der Waals surface area contributed by atoms with Crippen LogP contribution in [0.2, 0.25) is 0 Å². The van der Waals surface area contributed by atoms with Crippen molar-refractivity contribution in [3.8, 4) is 5.75 Å². The first-order valence-corrected chi connectivity index (χ1v) is 6.98.